The van der Waals surface area contributed by atoms with E-state index in [1.807, 2.05) is 0 Å². The lowest BCUT2D eigenvalue weighted by molar-refractivity contribution is -0.195. The molecule has 0 fully saturated rings. The van der Waals surface area contributed by atoms with Crippen molar-refractivity contribution in [2.45, 2.75) is 12.3 Å². The van der Waals surface area contributed by atoms with Gasteiger partial charge in [-0.1, -0.05) is 28.1 Å². The van der Waals surface area contributed by atoms with Crippen LogP contribution in [-0.2, 0) is 0 Å². The van der Waals surface area contributed by atoms with Crippen molar-refractivity contribution in [1.29, 1.82) is 0 Å². The van der Waals surface area contributed by atoms with E-state index in [9.17, 15) is 17.6 Å². The predicted octanol–water partition coefficient (Wildman–Crippen LogP) is 2.97. The van der Waals surface area contributed by atoms with E-state index in [1.165, 1.54) is 18.2 Å². The summed E-state index contributed by atoms with van der Waals surface area (Å²) in [6.07, 6.45) is -8.29. The molecule has 1 aromatic rings. The Bertz CT molecular complexity index is 444. The quantitative estimate of drug-likeness (QED) is 0.825. The number of benzene rings is 1. The molecule has 0 bridgehead atoms. The number of aliphatic hydroxyl groups excluding tert-OH is 1. The molecule has 0 aliphatic carbocycles. The molecule has 0 aliphatic rings. The number of rotatable bonds is 2. The molecule has 1 aromatic carbocycles. The molecule has 0 heterocycles. The zero-order chi connectivity index (χ0) is 13.2. The number of hydrogen-bond acceptors (Lipinski definition) is 2. The van der Waals surface area contributed by atoms with E-state index in [0.29, 0.717) is 4.47 Å². The first-order valence-electron chi connectivity index (χ1n) is 4.39. The Balaban J connectivity index is 3.13. The fraction of sp³-hybridized carbons (Fsp3) is 0.200. The molecule has 7 heteroatoms. The van der Waals surface area contributed by atoms with Crippen molar-refractivity contribution in [3.05, 3.63) is 40.1 Å². The Morgan fingerprint density at radius 3 is 2.41 bits per heavy atom. The summed E-state index contributed by atoms with van der Waals surface area (Å²) < 4.78 is 50.0. The van der Waals surface area contributed by atoms with E-state index in [2.05, 4.69) is 15.9 Å². The van der Waals surface area contributed by atoms with Crippen LogP contribution in [0.1, 0.15) is 5.56 Å². The highest BCUT2D eigenvalue weighted by Crippen LogP contribution is 2.29. The number of hydrogen-bond donors (Lipinski definition) is 2. The van der Waals surface area contributed by atoms with Gasteiger partial charge in [-0.25, -0.2) is 4.39 Å². The van der Waals surface area contributed by atoms with Gasteiger partial charge < -0.3 is 10.8 Å². The number of nitrogens with two attached hydrogens (primary N) is 1. The normalized spacial score (nSPS) is 15.4. The highest BCUT2D eigenvalue weighted by atomic mass is 79.9. The summed E-state index contributed by atoms with van der Waals surface area (Å²) in [5.74, 6) is -1.81. The van der Waals surface area contributed by atoms with Gasteiger partial charge in [-0.05, 0) is 12.1 Å². The lowest BCUT2D eigenvalue weighted by atomic mass is 10.1. The SMILES string of the molecule is N/C(=C(/F)[C@H](O)C(F)(F)F)c1cccc(Br)c1. The molecular formula is C10H8BrF4NO. The molecule has 3 N–H and O–H groups in total. The minimum Gasteiger partial charge on any atom is -0.396 e. The standard InChI is InChI=1S/C10H8BrF4NO/c11-6-3-1-2-5(4-6)8(16)7(12)9(17)10(13,14)15/h1-4,9,17H,16H2/b8-7+/t9-/m0/s1. The van der Waals surface area contributed by atoms with Gasteiger partial charge in [-0.3, -0.25) is 0 Å². The smallest absolute Gasteiger partial charge is 0.396 e. The van der Waals surface area contributed by atoms with Gasteiger partial charge in [-0.2, -0.15) is 13.2 Å². The molecule has 0 saturated carbocycles. The van der Waals surface area contributed by atoms with E-state index in [0.717, 1.165) is 0 Å². The van der Waals surface area contributed by atoms with Crippen LogP contribution in [0.25, 0.3) is 5.70 Å². The maximum Gasteiger partial charge on any atom is 0.420 e. The summed E-state index contributed by atoms with van der Waals surface area (Å²) >= 11 is 3.07. The van der Waals surface area contributed by atoms with Gasteiger partial charge in [-0.15, -0.1) is 0 Å². The molecule has 0 aromatic heterocycles. The van der Waals surface area contributed by atoms with Gasteiger partial charge in [0, 0.05) is 10.0 Å². The Hall–Kier alpha value is -1.08. The van der Waals surface area contributed by atoms with Crippen molar-refractivity contribution in [2.75, 3.05) is 0 Å². The molecule has 0 saturated heterocycles. The molecule has 94 valence electrons. The average molecular weight is 314 g/mol. The second kappa shape index (κ2) is 5.05. The van der Waals surface area contributed by atoms with E-state index in [1.54, 1.807) is 6.07 Å². The molecule has 0 aliphatic heterocycles. The number of halogens is 5. The maximum absolute atomic E-state index is 13.3. The van der Waals surface area contributed by atoms with Gasteiger partial charge in [0.15, 0.2) is 5.83 Å². The molecule has 0 spiro atoms. The minimum absolute atomic E-state index is 0.0557. The van der Waals surface area contributed by atoms with Crippen LogP contribution in [0.3, 0.4) is 0 Å². The average Bonchev–Trinajstić information content (AvgIpc) is 2.25. The highest BCUT2D eigenvalue weighted by molar-refractivity contribution is 9.10. The first-order valence-corrected chi connectivity index (χ1v) is 5.18. The van der Waals surface area contributed by atoms with Crippen LogP contribution in [0.15, 0.2) is 34.6 Å². The second-order valence-electron chi connectivity index (χ2n) is 3.22. The third kappa shape index (κ3) is 3.44. The van der Waals surface area contributed by atoms with Crippen molar-refractivity contribution in [3.63, 3.8) is 0 Å². The van der Waals surface area contributed by atoms with Crippen molar-refractivity contribution < 1.29 is 22.7 Å². The zero-order valence-electron chi connectivity index (χ0n) is 8.30. The van der Waals surface area contributed by atoms with Crippen LogP contribution in [0.2, 0.25) is 0 Å². The summed E-state index contributed by atoms with van der Waals surface area (Å²) in [6, 6.07) is 5.77. The van der Waals surface area contributed by atoms with Gasteiger partial charge in [0.05, 0.1) is 5.70 Å². The molecule has 1 rings (SSSR count). The van der Waals surface area contributed by atoms with Crippen LogP contribution in [0.4, 0.5) is 17.6 Å². The first kappa shape index (κ1) is 14.0. The summed E-state index contributed by atoms with van der Waals surface area (Å²) in [4.78, 5) is 0. The van der Waals surface area contributed by atoms with Crippen LogP contribution < -0.4 is 5.73 Å². The fourth-order valence-corrected chi connectivity index (χ4v) is 1.48. The number of alkyl halides is 3. The van der Waals surface area contributed by atoms with Crippen molar-refractivity contribution >= 4 is 21.6 Å². The molecule has 0 unspecified atom stereocenters. The van der Waals surface area contributed by atoms with Gasteiger partial charge in [0.25, 0.3) is 0 Å². The van der Waals surface area contributed by atoms with E-state index < -0.39 is 23.8 Å². The Kier molecular flexibility index (Phi) is 4.16. The summed E-state index contributed by atoms with van der Waals surface area (Å²) in [5, 5.41) is 8.71. The second-order valence-corrected chi connectivity index (χ2v) is 4.13. The largest absolute Gasteiger partial charge is 0.420 e. The topological polar surface area (TPSA) is 46.2 Å². The third-order valence-corrected chi connectivity index (χ3v) is 2.44. The highest BCUT2D eigenvalue weighted by Gasteiger charge is 2.42. The lowest BCUT2D eigenvalue weighted by Gasteiger charge is -2.14. The summed E-state index contributed by atoms with van der Waals surface area (Å²) in [6.45, 7) is 0. The summed E-state index contributed by atoms with van der Waals surface area (Å²) in [5.41, 5.74) is 4.54. The Morgan fingerprint density at radius 1 is 1.35 bits per heavy atom. The van der Waals surface area contributed by atoms with Crippen LogP contribution in [0, 0.1) is 0 Å². The fourth-order valence-electron chi connectivity index (χ4n) is 1.08. The van der Waals surface area contributed by atoms with Crippen LogP contribution in [0.5, 0.6) is 0 Å². The molecule has 1 atom stereocenters. The van der Waals surface area contributed by atoms with Crippen LogP contribution >= 0.6 is 15.9 Å². The predicted molar refractivity (Wildman–Crippen MR) is 58.4 cm³/mol. The zero-order valence-corrected chi connectivity index (χ0v) is 9.89. The van der Waals surface area contributed by atoms with Crippen molar-refractivity contribution in [2.24, 2.45) is 5.73 Å². The van der Waals surface area contributed by atoms with Crippen molar-refractivity contribution in [1.82, 2.24) is 0 Å². The van der Waals surface area contributed by atoms with E-state index in [-0.39, 0.29) is 5.56 Å². The van der Waals surface area contributed by atoms with Crippen LogP contribution in [-0.4, -0.2) is 17.4 Å². The molecule has 17 heavy (non-hydrogen) atoms. The van der Waals surface area contributed by atoms with E-state index >= 15 is 0 Å². The Labute approximate surface area is 103 Å². The van der Waals surface area contributed by atoms with Crippen molar-refractivity contribution in [3.8, 4) is 0 Å². The lowest BCUT2D eigenvalue weighted by Crippen LogP contribution is -2.30. The van der Waals surface area contributed by atoms with E-state index in [4.69, 9.17) is 10.8 Å². The molecular weight excluding hydrogens is 306 g/mol. The molecule has 2 nitrogen and oxygen atoms in total. The molecule has 0 amide bonds. The minimum atomic E-state index is -5.08. The maximum atomic E-state index is 13.3. The Morgan fingerprint density at radius 2 is 1.94 bits per heavy atom. The van der Waals surface area contributed by atoms with Gasteiger partial charge in [0.1, 0.15) is 0 Å². The summed E-state index contributed by atoms with van der Waals surface area (Å²) in [7, 11) is 0. The molecule has 0 radical (unpaired) electrons. The third-order valence-electron chi connectivity index (χ3n) is 1.94. The first-order chi connectivity index (χ1) is 7.73. The van der Waals surface area contributed by atoms with Gasteiger partial charge >= 0.3 is 6.18 Å². The van der Waals surface area contributed by atoms with Gasteiger partial charge in [0.2, 0.25) is 6.10 Å². The number of aliphatic hydroxyl groups is 1. The monoisotopic (exact) mass is 313 g/mol.